The first-order valence-electron chi connectivity index (χ1n) is 4.55. The van der Waals surface area contributed by atoms with Crippen LogP contribution in [0.4, 0.5) is 5.95 Å². The van der Waals surface area contributed by atoms with E-state index in [2.05, 4.69) is 21.5 Å². The van der Waals surface area contributed by atoms with Gasteiger partial charge in [0.1, 0.15) is 0 Å². The van der Waals surface area contributed by atoms with Gasteiger partial charge in [0.05, 0.1) is 6.61 Å². The highest BCUT2D eigenvalue weighted by Gasteiger charge is 1.97. The molecular formula is C9H15N3OS. The maximum Gasteiger partial charge on any atom is 0.225 e. The SMILES string of the molecule is CCOc1ccnc(NCCSC)n1. The Hall–Kier alpha value is -0.970. The normalized spacial score (nSPS) is 9.86. The van der Waals surface area contributed by atoms with Crippen LogP contribution in [0, 0.1) is 0 Å². The van der Waals surface area contributed by atoms with Crippen molar-refractivity contribution in [1.29, 1.82) is 0 Å². The molecule has 0 aromatic carbocycles. The molecule has 78 valence electrons. The maximum atomic E-state index is 5.26. The molecule has 0 atom stereocenters. The lowest BCUT2D eigenvalue weighted by Gasteiger charge is -2.05. The Balaban J connectivity index is 2.46. The van der Waals surface area contributed by atoms with Crippen molar-refractivity contribution in [3.63, 3.8) is 0 Å². The summed E-state index contributed by atoms with van der Waals surface area (Å²) in [7, 11) is 0. The van der Waals surface area contributed by atoms with E-state index in [4.69, 9.17) is 4.74 Å². The van der Waals surface area contributed by atoms with Gasteiger partial charge in [0, 0.05) is 24.6 Å². The molecule has 0 aliphatic rings. The molecule has 1 rings (SSSR count). The minimum Gasteiger partial charge on any atom is -0.478 e. The van der Waals surface area contributed by atoms with Crippen LogP contribution in [0.5, 0.6) is 5.88 Å². The quantitative estimate of drug-likeness (QED) is 0.728. The van der Waals surface area contributed by atoms with Gasteiger partial charge in [-0.05, 0) is 13.2 Å². The zero-order valence-corrected chi connectivity index (χ0v) is 9.30. The van der Waals surface area contributed by atoms with Crippen LogP contribution >= 0.6 is 11.8 Å². The van der Waals surface area contributed by atoms with Crippen molar-refractivity contribution in [1.82, 2.24) is 9.97 Å². The fourth-order valence-corrected chi connectivity index (χ4v) is 1.23. The van der Waals surface area contributed by atoms with Crippen molar-refractivity contribution in [2.45, 2.75) is 6.92 Å². The predicted octanol–water partition coefficient (Wildman–Crippen LogP) is 1.65. The number of nitrogens with zero attached hydrogens (tertiary/aromatic N) is 2. The number of hydrogen-bond donors (Lipinski definition) is 1. The van der Waals surface area contributed by atoms with E-state index in [9.17, 15) is 0 Å². The van der Waals surface area contributed by atoms with Crippen molar-refractivity contribution < 1.29 is 4.74 Å². The van der Waals surface area contributed by atoms with Crippen LogP contribution in [-0.2, 0) is 0 Å². The van der Waals surface area contributed by atoms with Crippen molar-refractivity contribution in [2.75, 3.05) is 30.5 Å². The van der Waals surface area contributed by atoms with Gasteiger partial charge in [-0.25, -0.2) is 4.98 Å². The Morgan fingerprint density at radius 3 is 3.14 bits per heavy atom. The summed E-state index contributed by atoms with van der Waals surface area (Å²) in [4.78, 5) is 8.26. The molecule has 0 saturated heterocycles. The van der Waals surface area contributed by atoms with Crippen molar-refractivity contribution >= 4 is 17.7 Å². The van der Waals surface area contributed by atoms with Gasteiger partial charge in [0.25, 0.3) is 0 Å². The molecule has 0 radical (unpaired) electrons. The lowest BCUT2D eigenvalue weighted by Crippen LogP contribution is -2.07. The molecular weight excluding hydrogens is 198 g/mol. The first-order chi connectivity index (χ1) is 6.86. The van der Waals surface area contributed by atoms with Crippen LogP contribution in [0.3, 0.4) is 0 Å². The Bertz CT molecular complexity index is 270. The van der Waals surface area contributed by atoms with E-state index in [-0.39, 0.29) is 0 Å². The van der Waals surface area contributed by atoms with E-state index < -0.39 is 0 Å². The molecule has 0 spiro atoms. The molecule has 0 saturated carbocycles. The molecule has 4 nitrogen and oxygen atoms in total. The molecule has 0 bridgehead atoms. The minimum absolute atomic E-state index is 0.620. The average molecular weight is 213 g/mol. The summed E-state index contributed by atoms with van der Waals surface area (Å²) in [6.07, 6.45) is 3.76. The van der Waals surface area contributed by atoms with E-state index in [1.54, 1.807) is 24.0 Å². The third kappa shape index (κ3) is 3.83. The maximum absolute atomic E-state index is 5.26. The van der Waals surface area contributed by atoms with Crippen LogP contribution < -0.4 is 10.1 Å². The lowest BCUT2D eigenvalue weighted by molar-refractivity contribution is 0.326. The number of ether oxygens (including phenoxy) is 1. The molecule has 0 fully saturated rings. The van der Waals surface area contributed by atoms with Gasteiger partial charge in [0.15, 0.2) is 0 Å². The van der Waals surface area contributed by atoms with Crippen molar-refractivity contribution in [2.24, 2.45) is 0 Å². The van der Waals surface area contributed by atoms with Gasteiger partial charge >= 0.3 is 0 Å². The lowest BCUT2D eigenvalue weighted by atomic mass is 10.6. The Kier molecular flexibility index (Phi) is 5.14. The third-order valence-electron chi connectivity index (χ3n) is 1.51. The number of nitrogens with one attached hydrogen (secondary N) is 1. The van der Waals surface area contributed by atoms with E-state index in [1.807, 2.05) is 6.92 Å². The second-order valence-electron chi connectivity index (χ2n) is 2.57. The monoisotopic (exact) mass is 213 g/mol. The van der Waals surface area contributed by atoms with Crippen LogP contribution in [0.2, 0.25) is 0 Å². The molecule has 1 aromatic heterocycles. The highest BCUT2D eigenvalue weighted by molar-refractivity contribution is 7.98. The van der Waals surface area contributed by atoms with Gasteiger partial charge in [0.2, 0.25) is 11.8 Å². The summed E-state index contributed by atoms with van der Waals surface area (Å²) in [6, 6.07) is 1.75. The molecule has 1 N–H and O–H groups in total. The summed E-state index contributed by atoms with van der Waals surface area (Å²) in [5.41, 5.74) is 0. The highest BCUT2D eigenvalue weighted by Crippen LogP contribution is 2.07. The number of thioether (sulfide) groups is 1. The van der Waals surface area contributed by atoms with Gasteiger partial charge in [-0.15, -0.1) is 0 Å². The Morgan fingerprint density at radius 2 is 2.43 bits per heavy atom. The number of rotatable bonds is 6. The molecule has 5 heteroatoms. The summed E-state index contributed by atoms with van der Waals surface area (Å²) in [5.74, 6) is 2.29. The van der Waals surface area contributed by atoms with E-state index in [0.717, 1.165) is 12.3 Å². The molecule has 1 aromatic rings. The molecule has 0 aliphatic heterocycles. The zero-order chi connectivity index (χ0) is 10.2. The molecule has 0 unspecified atom stereocenters. The first kappa shape index (κ1) is 11.1. The number of aromatic nitrogens is 2. The van der Waals surface area contributed by atoms with E-state index in [1.165, 1.54) is 0 Å². The topological polar surface area (TPSA) is 47.0 Å². The predicted molar refractivity (Wildman–Crippen MR) is 60.1 cm³/mol. The summed E-state index contributed by atoms with van der Waals surface area (Å²) in [6.45, 7) is 3.43. The summed E-state index contributed by atoms with van der Waals surface area (Å²) in [5, 5.41) is 3.12. The van der Waals surface area contributed by atoms with Gasteiger partial charge in [-0.2, -0.15) is 16.7 Å². The smallest absolute Gasteiger partial charge is 0.225 e. The number of anilines is 1. The molecule has 0 aliphatic carbocycles. The van der Waals surface area contributed by atoms with Crippen LogP contribution in [0.15, 0.2) is 12.3 Å². The molecule has 14 heavy (non-hydrogen) atoms. The zero-order valence-electron chi connectivity index (χ0n) is 8.49. The largest absolute Gasteiger partial charge is 0.478 e. The summed E-state index contributed by atoms with van der Waals surface area (Å²) >= 11 is 1.79. The van der Waals surface area contributed by atoms with Gasteiger partial charge in [-0.1, -0.05) is 0 Å². The Morgan fingerprint density at radius 1 is 1.57 bits per heavy atom. The van der Waals surface area contributed by atoms with Crippen molar-refractivity contribution in [3.05, 3.63) is 12.3 Å². The fourth-order valence-electron chi connectivity index (χ4n) is 0.920. The Labute approximate surface area is 88.5 Å². The van der Waals surface area contributed by atoms with Crippen molar-refractivity contribution in [3.8, 4) is 5.88 Å². The van der Waals surface area contributed by atoms with E-state index >= 15 is 0 Å². The fraction of sp³-hybridized carbons (Fsp3) is 0.556. The van der Waals surface area contributed by atoms with Crippen LogP contribution in [0.25, 0.3) is 0 Å². The summed E-state index contributed by atoms with van der Waals surface area (Å²) < 4.78 is 5.26. The molecule has 0 amide bonds. The molecule has 1 heterocycles. The minimum atomic E-state index is 0.620. The van der Waals surface area contributed by atoms with Crippen LogP contribution in [0.1, 0.15) is 6.92 Å². The highest BCUT2D eigenvalue weighted by atomic mass is 32.2. The first-order valence-corrected chi connectivity index (χ1v) is 5.95. The van der Waals surface area contributed by atoms with Gasteiger partial charge in [-0.3, -0.25) is 0 Å². The standard InChI is InChI=1S/C9H15N3OS/c1-3-13-8-4-5-10-9(12-8)11-6-7-14-2/h4-5H,3,6-7H2,1-2H3,(H,10,11,12). The van der Waals surface area contributed by atoms with Crippen LogP contribution in [-0.4, -0.2) is 35.1 Å². The second-order valence-corrected chi connectivity index (χ2v) is 3.56. The van der Waals surface area contributed by atoms with Gasteiger partial charge < -0.3 is 10.1 Å². The third-order valence-corrected chi connectivity index (χ3v) is 2.12. The number of hydrogen-bond acceptors (Lipinski definition) is 5. The second kappa shape index (κ2) is 6.48. The average Bonchev–Trinajstić information content (AvgIpc) is 2.19. The van der Waals surface area contributed by atoms with E-state index in [0.29, 0.717) is 18.4 Å².